The van der Waals surface area contributed by atoms with Crippen LogP contribution in [0.3, 0.4) is 0 Å². The zero-order valence-electron chi connectivity index (χ0n) is 19.1. The van der Waals surface area contributed by atoms with Gasteiger partial charge in [0.25, 0.3) is 5.91 Å². The van der Waals surface area contributed by atoms with E-state index in [0.29, 0.717) is 29.4 Å². The monoisotopic (exact) mass is 479 g/mol. The molecule has 0 spiro atoms. The van der Waals surface area contributed by atoms with Gasteiger partial charge in [-0.1, -0.05) is 23.7 Å². The lowest BCUT2D eigenvalue weighted by atomic mass is 10.0. The molecule has 0 saturated carbocycles. The van der Waals surface area contributed by atoms with Gasteiger partial charge in [-0.2, -0.15) is 0 Å². The molecule has 6 nitrogen and oxygen atoms in total. The second-order valence-corrected chi connectivity index (χ2v) is 8.77. The van der Waals surface area contributed by atoms with E-state index in [1.165, 1.54) is 12.1 Å². The Morgan fingerprint density at radius 1 is 1.06 bits per heavy atom. The lowest BCUT2D eigenvalue weighted by molar-refractivity contribution is 0.0940. The number of carbonyl (C=O) groups excluding carboxylic acids is 1. The standard InChI is InChI=1S/C26H27ClFN5O/c1-16(29)25-23-12-5-19(26(34)31-17(2)18-3-8-21(28)9-4-18)15-24(23)32(13-14-33(25)30)22-10-6-20(27)7-11-22/h3-12,15,17H,13-14,29-30H2,1-2H3,(H,31,34)/b25-16-. The molecule has 1 atom stereocenters. The summed E-state index contributed by atoms with van der Waals surface area (Å²) in [7, 11) is 0. The molecule has 5 N–H and O–H groups in total. The first-order valence-corrected chi connectivity index (χ1v) is 11.3. The third kappa shape index (κ3) is 4.85. The van der Waals surface area contributed by atoms with Crippen LogP contribution in [0.1, 0.15) is 41.4 Å². The van der Waals surface area contributed by atoms with Crippen molar-refractivity contribution in [3.05, 3.63) is 100.0 Å². The van der Waals surface area contributed by atoms with Crippen molar-refractivity contribution in [2.75, 3.05) is 18.0 Å². The van der Waals surface area contributed by atoms with E-state index in [1.54, 1.807) is 23.2 Å². The lowest BCUT2D eigenvalue weighted by Gasteiger charge is -2.25. The van der Waals surface area contributed by atoms with E-state index in [1.807, 2.05) is 50.2 Å². The summed E-state index contributed by atoms with van der Waals surface area (Å²) in [5.74, 6) is 5.79. The van der Waals surface area contributed by atoms with Crippen molar-refractivity contribution in [1.29, 1.82) is 0 Å². The van der Waals surface area contributed by atoms with Crippen LogP contribution in [0.25, 0.3) is 5.70 Å². The van der Waals surface area contributed by atoms with E-state index in [4.69, 9.17) is 23.2 Å². The number of hydrogen-bond donors (Lipinski definition) is 3. The van der Waals surface area contributed by atoms with Crippen LogP contribution < -0.4 is 21.8 Å². The molecule has 0 radical (unpaired) electrons. The summed E-state index contributed by atoms with van der Waals surface area (Å²) in [6.45, 7) is 4.78. The Bertz CT molecular complexity index is 1220. The van der Waals surface area contributed by atoms with Gasteiger partial charge in [-0.15, -0.1) is 0 Å². The van der Waals surface area contributed by atoms with Gasteiger partial charge >= 0.3 is 0 Å². The molecule has 3 aromatic carbocycles. The first kappa shape index (κ1) is 23.6. The molecule has 1 aliphatic rings. The van der Waals surface area contributed by atoms with Crippen LogP contribution in [-0.4, -0.2) is 24.0 Å². The minimum atomic E-state index is -0.316. The maximum atomic E-state index is 13.3. The largest absolute Gasteiger partial charge is 0.401 e. The zero-order valence-corrected chi connectivity index (χ0v) is 19.8. The highest BCUT2D eigenvalue weighted by atomic mass is 35.5. The molecule has 34 heavy (non-hydrogen) atoms. The van der Waals surface area contributed by atoms with Crippen molar-refractivity contribution in [2.24, 2.45) is 11.6 Å². The molecule has 0 saturated heterocycles. The van der Waals surface area contributed by atoms with Crippen molar-refractivity contribution in [3.8, 4) is 0 Å². The Hall–Kier alpha value is -3.55. The van der Waals surface area contributed by atoms with Gasteiger partial charge in [-0.3, -0.25) is 4.79 Å². The number of fused-ring (bicyclic) bond motifs is 1. The molecule has 1 amide bonds. The van der Waals surface area contributed by atoms with Crippen LogP contribution in [0.4, 0.5) is 15.8 Å². The molecule has 0 aliphatic carbocycles. The molecule has 3 aromatic rings. The van der Waals surface area contributed by atoms with E-state index >= 15 is 0 Å². The van der Waals surface area contributed by atoms with Gasteiger partial charge in [0.1, 0.15) is 5.82 Å². The van der Waals surface area contributed by atoms with Crippen molar-refractivity contribution in [1.82, 2.24) is 10.3 Å². The van der Waals surface area contributed by atoms with Gasteiger partial charge in [0.2, 0.25) is 0 Å². The number of nitrogens with two attached hydrogens (primary N) is 2. The maximum absolute atomic E-state index is 13.3. The zero-order chi connectivity index (χ0) is 24.4. The van der Waals surface area contributed by atoms with Crippen molar-refractivity contribution >= 4 is 34.6 Å². The normalized spacial score (nSPS) is 15.9. The molecule has 0 bridgehead atoms. The summed E-state index contributed by atoms with van der Waals surface area (Å²) in [5.41, 5.74) is 11.4. The molecular weight excluding hydrogens is 453 g/mol. The summed E-state index contributed by atoms with van der Waals surface area (Å²) in [4.78, 5) is 15.2. The van der Waals surface area contributed by atoms with Crippen molar-refractivity contribution in [2.45, 2.75) is 19.9 Å². The summed E-state index contributed by atoms with van der Waals surface area (Å²) in [6, 6.07) is 18.8. The van der Waals surface area contributed by atoms with Gasteiger partial charge in [-0.25, -0.2) is 10.2 Å². The number of halogens is 2. The molecule has 0 fully saturated rings. The smallest absolute Gasteiger partial charge is 0.251 e. The Morgan fingerprint density at radius 3 is 2.38 bits per heavy atom. The number of rotatable bonds is 4. The average Bonchev–Trinajstić information content (AvgIpc) is 2.95. The summed E-state index contributed by atoms with van der Waals surface area (Å²) >= 11 is 6.10. The molecular formula is C26H27ClFN5O. The van der Waals surface area contributed by atoms with Crippen LogP contribution in [0.2, 0.25) is 5.02 Å². The van der Waals surface area contributed by atoms with Crippen molar-refractivity contribution < 1.29 is 9.18 Å². The number of anilines is 2. The van der Waals surface area contributed by atoms with E-state index in [0.717, 1.165) is 28.2 Å². The number of allylic oxidation sites excluding steroid dienone is 1. The van der Waals surface area contributed by atoms with Crippen LogP contribution in [0.15, 0.2) is 72.4 Å². The fraction of sp³-hybridized carbons (Fsp3) is 0.192. The lowest BCUT2D eigenvalue weighted by Crippen LogP contribution is -2.34. The van der Waals surface area contributed by atoms with Crippen LogP contribution in [0, 0.1) is 5.82 Å². The number of hydrogen-bond acceptors (Lipinski definition) is 5. The highest BCUT2D eigenvalue weighted by Crippen LogP contribution is 2.37. The molecule has 8 heteroatoms. The molecule has 176 valence electrons. The molecule has 1 aliphatic heterocycles. The van der Waals surface area contributed by atoms with Gasteiger partial charge in [0, 0.05) is 34.1 Å². The Labute approximate surface area is 203 Å². The van der Waals surface area contributed by atoms with Crippen LogP contribution in [-0.2, 0) is 0 Å². The summed E-state index contributed by atoms with van der Waals surface area (Å²) < 4.78 is 13.3. The fourth-order valence-electron chi connectivity index (χ4n) is 4.13. The maximum Gasteiger partial charge on any atom is 0.251 e. The molecule has 4 rings (SSSR count). The number of nitrogens with one attached hydrogen (secondary N) is 1. The SMILES string of the molecule is C/C(N)=C1\c2ccc(C(=O)NC(C)c3ccc(F)cc3)cc2N(c2ccc(Cl)cc2)CCN1N. The minimum Gasteiger partial charge on any atom is -0.401 e. The van der Waals surface area contributed by atoms with E-state index in [2.05, 4.69) is 10.2 Å². The number of amides is 1. The third-order valence-corrected chi connectivity index (χ3v) is 6.14. The highest BCUT2D eigenvalue weighted by Gasteiger charge is 2.26. The van der Waals surface area contributed by atoms with Gasteiger partial charge in [-0.05, 0) is 74.0 Å². The van der Waals surface area contributed by atoms with Gasteiger partial charge in [0.05, 0.1) is 24.0 Å². The molecule has 1 unspecified atom stereocenters. The predicted molar refractivity (Wildman–Crippen MR) is 135 cm³/mol. The van der Waals surface area contributed by atoms with Crippen LogP contribution >= 0.6 is 11.6 Å². The van der Waals surface area contributed by atoms with Gasteiger partial charge in [0.15, 0.2) is 0 Å². The number of nitrogens with zero attached hydrogens (tertiary/aromatic N) is 2. The third-order valence-electron chi connectivity index (χ3n) is 5.89. The Balaban J connectivity index is 1.73. The fourth-order valence-corrected chi connectivity index (χ4v) is 4.26. The van der Waals surface area contributed by atoms with Crippen LogP contribution in [0.5, 0.6) is 0 Å². The molecule has 0 aromatic heterocycles. The summed E-state index contributed by atoms with van der Waals surface area (Å²) in [5, 5.41) is 5.27. The quantitative estimate of drug-likeness (QED) is 0.461. The van der Waals surface area contributed by atoms with E-state index < -0.39 is 0 Å². The number of carbonyl (C=O) groups is 1. The first-order chi connectivity index (χ1) is 16.2. The molecule has 1 heterocycles. The predicted octanol–water partition coefficient (Wildman–Crippen LogP) is 4.94. The van der Waals surface area contributed by atoms with Gasteiger partial charge < -0.3 is 21.0 Å². The Morgan fingerprint density at radius 2 is 1.74 bits per heavy atom. The Kier molecular flexibility index (Phi) is 6.77. The second-order valence-electron chi connectivity index (χ2n) is 8.33. The highest BCUT2D eigenvalue weighted by molar-refractivity contribution is 6.30. The van der Waals surface area contributed by atoms with Crippen molar-refractivity contribution in [3.63, 3.8) is 0 Å². The topological polar surface area (TPSA) is 87.6 Å². The first-order valence-electron chi connectivity index (χ1n) is 11.0. The van der Waals surface area contributed by atoms with E-state index in [-0.39, 0.29) is 17.8 Å². The van der Waals surface area contributed by atoms with E-state index in [9.17, 15) is 9.18 Å². The number of hydrazine groups is 1. The minimum absolute atomic E-state index is 0.237. The summed E-state index contributed by atoms with van der Waals surface area (Å²) in [6.07, 6.45) is 0. The average molecular weight is 480 g/mol. The number of benzene rings is 3. The second kappa shape index (κ2) is 9.75.